The van der Waals surface area contributed by atoms with Crippen LogP contribution in [-0.4, -0.2) is 64.2 Å². The van der Waals surface area contributed by atoms with Crippen molar-refractivity contribution in [3.63, 3.8) is 0 Å². The molecule has 0 bridgehead atoms. The van der Waals surface area contributed by atoms with Crippen molar-refractivity contribution in [2.75, 3.05) is 26.5 Å². The summed E-state index contributed by atoms with van der Waals surface area (Å²) in [7, 11) is -0.583. The van der Waals surface area contributed by atoms with Crippen LogP contribution >= 0.6 is 0 Å². The molecule has 38 heavy (non-hydrogen) atoms. The Kier molecular flexibility index (Phi) is 11.3. The standard InChI is InChI=1S/C29H36N2O6S/c1-36-24-13-9-12-23(18-24)20-30-21-27(32)26(19-22-10-5-3-6-11-22)31-29(33)28(37-2)16-17-38(34,35)25-14-7-4-8-15-25/h3-15,18,26-28,30,32H,16-17,19-21H2,1-2H3,(H,31,33)/t26-,27-,28?/m0/s1. The lowest BCUT2D eigenvalue weighted by molar-refractivity contribution is -0.132. The molecule has 3 aromatic carbocycles. The third kappa shape index (κ3) is 8.95. The Hall–Kier alpha value is -3.24. The van der Waals surface area contributed by atoms with E-state index in [0.717, 1.165) is 16.9 Å². The van der Waals surface area contributed by atoms with Gasteiger partial charge in [-0.3, -0.25) is 4.79 Å². The molecule has 0 saturated carbocycles. The number of aliphatic hydroxyl groups is 1. The van der Waals surface area contributed by atoms with Crippen LogP contribution in [0.15, 0.2) is 89.8 Å². The zero-order valence-electron chi connectivity index (χ0n) is 21.7. The molecule has 0 aliphatic rings. The van der Waals surface area contributed by atoms with Gasteiger partial charge in [-0.25, -0.2) is 8.42 Å². The van der Waals surface area contributed by atoms with Crippen molar-refractivity contribution in [3.8, 4) is 5.75 Å². The fourth-order valence-electron chi connectivity index (χ4n) is 4.08. The van der Waals surface area contributed by atoms with Crippen molar-refractivity contribution < 1.29 is 27.8 Å². The molecule has 0 fully saturated rings. The summed E-state index contributed by atoms with van der Waals surface area (Å²) in [6.07, 6.45) is -1.51. The minimum atomic E-state index is -3.56. The lowest BCUT2D eigenvalue weighted by Crippen LogP contribution is -2.51. The number of rotatable bonds is 15. The van der Waals surface area contributed by atoms with Crippen molar-refractivity contribution in [3.05, 3.63) is 96.1 Å². The lowest BCUT2D eigenvalue weighted by Gasteiger charge is -2.27. The van der Waals surface area contributed by atoms with Gasteiger partial charge in [-0.2, -0.15) is 0 Å². The van der Waals surface area contributed by atoms with Crippen molar-refractivity contribution in [1.82, 2.24) is 10.6 Å². The summed E-state index contributed by atoms with van der Waals surface area (Å²) in [6.45, 7) is 0.743. The first-order chi connectivity index (χ1) is 18.3. The van der Waals surface area contributed by atoms with Crippen molar-refractivity contribution >= 4 is 15.7 Å². The SMILES string of the molecule is COc1cccc(CNC[C@H](O)[C@H](Cc2ccccc2)NC(=O)C(CCS(=O)(=O)c2ccccc2)OC)c1. The number of amides is 1. The van der Waals surface area contributed by atoms with Crippen LogP contribution in [0.3, 0.4) is 0 Å². The summed E-state index contributed by atoms with van der Waals surface area (Å²) in [4.78, 5) is 13.3. The Morgan fingerprint density at radius 3 is 2.24 bits per heavy atom. The second-order valence-corrected chi connectivity index (χ2v) is 11.1. The smallest absolute Gasteiger partial charge is 0.249 e. The van der Waals surface area contributed by atoms with Crippen LogP contribution in [0.5, 0.6) is 5.75 Å². The number of carbonyl (C=O) groups excluding carboxylic acids is 1. The molecular formula is C29H36N2O6S. The number of sulfone groups is 1. The molecular weight excluding hydrogens is 504 g/mol. The highest BCUT2D eigenvalue weighted by Gasteiger charge is 2.27. The van der Waals surface area contributed by atoms with Crippen LogP contribution in [0.2, 0.25) is 0 Å². The number of benzene rings is 3. The maximum absolute atomic E-state index is 13.1. The summed E-state index contributed by atoms with van der Waals surface area (Å²) in [5.74, 6) is 0.0409. The molecule has 3 rings (SSSR count). The van der Waals surface area contributed by atoms with Gasteiger partial charge in [-0.1, -0.05) is 60.7 Å². The molecule has 0 heterocycles. The van der Waals surface area contributed by atoms with Gasteiger partial charge in [0.25, 0.3) is 0 Å². The maximum Gasteiger partial charge on any atom is 0.249 e. The van der Waals surface area contributed by atoms with Crippen LogP contribution in [0, 0.1) is 0 Å². The fraction of sp³-hybridized carbons (Fsp3) is 0.345. The molecule has 0 aliphatic carbocycles. The molecule has 0 spiro atoms. The summed E-state index contributed by atoms with van der Waals surface area (Å²) >= 11 is 0. The molecule has 0 saturated heterocycles. The van der Waals surface area contributed by atoms with Gasteiger partial charge in [0.05, 0.1) is 29.9 Å². The third-order valence-corrected chi connectivity index (χ3v) is 8.00. The second kappa shape index (κ2) is 14.6. The van der Waals surface area contributed by atoms with E-state index >= 15 is 0 Å². The Morgan fingerprint density at radius 1 is 0.921 bits per heavy atom. The van der Waals surface area contributed by atoms with Crippen LogP contribution in [-0.2, 0) is 32.3 Å². The third-order valence-electron chi connectivity index (χ3n) is 6.24. The minimum Gasteiger partial charge on any atom is -0.497 e. The number of carbonyl (C=O) groups is 1. The Labute approximate surface area is 224 Å². The zero-order valence-corrected chi connectivity index (χ0v) is 22.6. The number of aliphatic hydroxyl groups excluding tert-OH is 1. The summed E-state index contributed by atoms with van der Waals surface area (Å²) < 4.78 is 36.0. The zero-order chi connectivity index (χ0) is 27.4. The van der Waals surface area contributed by atoms with Gasteiger partial charge in [0.2, 0.25) is 5.91 Å². The van der Waals surface area contributed by atoms with Gasteiger partial charge in [0.15, 0.2) is 9.84 Å². The van der Waals surface area contributed by atoms with E-state index in [1.54, 1.807) is 25.3 Å². The predicted molar refractivity (Wildman–Crippen MR) is 147 cm³/mol. The van der Waals surface area contributed by atoms with Gasteiger partial charge in [0.1, 0.15) is 11.9 Å². The Balaban J connectivity index is 1.63. The second-order valence-electron chi connectivity index (χ2n) is 9.00. The van der Waals surface area contributed by atoms with Crippen molar-refractivity contribution in [2.45, 2.75) is 42.5 Å². The average molecular weight is 541 g/mol. The normalized spacial score (nSPS) is 13.9. The first kappa shape index (κ1) is 29.3. The van der Waals surface area contributed by atoms with Crippen LogP contribution in [0.1, 0.15) is 17.5 Å². The number of methoxy groups -OCH3 is 2. The van der Waals surface area contributed by atoms with Gasteiger partial charge < -0.3 is 25.2 Å². The molecule has 8 nitrogen and oxygen atoms in total. The Bertz CT molecular complexity index is 1240. The largest absolute Gasteiger partial charge is 0.497 e. The fourth-order valence-corrected chi connectivity index (χ4v) is 5.41. The van der Waals surface area contributed by atoms with Gasteiger partial charge in [-0.15, -0.1) is 0 Å². The number of ether oxygens (including phenoxy) is 2. The first-order valence-corrected chi connectivity index (χ1v) is 14.1. The van der Waals surface area contributed by atoms with E-state index in [0.29, 0.717) is 13.0 Å². The number of hydrogen-bond donors (Lipinski definition) is 3. The van der Waals surface area contributed by atoms with Gasteiger partial charge >= 0.3 is 0 Å². The number of nitrogens with one attached hydrogen (secondary N) is 2. The van der Waals surface area contributed by atoms with Gasteiger partial charge in [-0.05, 0) is 48.2 Å². The molecule has 0 radical (unpaired) electrons. The summed E-state index contributed by atoms with van der Waals surface area (Å²) in [6, 6.07) is 24.7. The monoisotopic (exact) mass is 540 g/mol. The average Bonchev–Trinajstić information content (AvgIpc) is 2.94. The highest BCUT2D eigenvalue weighted by Crippen LogP contribution is 2.15. The van der Waals surface area contributed by atoms with E-state index in [2.05, 4.69) is 10.6 Å². The van der Waals surface area contributed by atoms with E-state index < -0.39 is 34.0 Å². The molecule has 204 valence electrons. The van der Waals surface area contributed by atoms with Gasteiger partial charge in [0, 0.05) is 20.2 Å². The van der Waals surface area contributed by atoms with E-state index in [4.69, 9.17) is 9.47 Å². The highest BCUT2D eigenvalue weighted by atomic mass is 32.2. The molecule has 0 aliphatic heterocycles. The Morgan fingerprint density at radius 2 is 1.58 bits per heavy atom. The molecule has 1 unspecified atom stereocenters. The molecule has 3 aromatic rings. The molecule has 3 N–H and O–H groups in total. The topological polar surface area (TPSA) is 114 Å². The molecule has 1 amide bonds. The summed E-state index contributed by atoms with van der Waals surface area (Å²) in [5, 5.41) is 17.1. The van der Waals surface area contributed by atoms with Crippen molar-refractivity contribution in [1.29, 1.82) is 0 Å². The van der Waals surface area contributed by atoms with Crippen LogP contribution in [0.25, 0.3) is 0 Å². The quantitative estimate of drug-likeness (QED) is 0.272. The van der Waals surface area contributed by atoms with Crippen LogP contribution < -0.4 is 15.4 Å². The first-order valence-electron chi connectivity index (χ1n) is 12.5. The molecule has 9 heteroatoms. The van der Waals surface area contributed by atoms with E-state index in [-0.39, 0.29) is 23.6 Å². The summed E-state index contributed by atoms with van der Waals surface area (Å²) in [5.41, 5.74) is 1.95. The maximum atomic E-state index is 13.1. The minimum absolute atomic E-state index is 0.0121. The molecule has 0 aromatic heterocycles. The van der Waals surface area contributed by atoms with Crippen LogP contribution in [0.4, 0.5) is 0 Å². The van der Waals surface area contributed by atoms with E-state index in [1.165, 1.54) is 19.2 Å². The van der Waals surface area contributed by atoms with Crippen molar-refractivity contribution in [2.24, 2.45) is 0 Å². The highest BCUT2D eigenvalue weighted by molar-refractivity contribution is 7.91. The van der Waals surface area contributed by atoms with E-state index in [1.807, 2.05) is 54.6 Å². The molecule has 3 atom stereocenters. The number of hydrogen-bond acceptors (Lipinski definition) is 7. The predicted octanol–water partition coefficient (Wildman–Crippen LogP) is 2.75. The van der Waals surface area contributed by atoms with E-state index in [9.17, 15) is 18.3 Å². The lowest BCUT2D eigenvalue weighted by atomic mass is 10.0.